The van der Waals surface area contributed by atoms with Crippen LogP contribution in [0.4, 0.5) is 0 Å². The molecule has 27 heavy (non-hydrogen) atoms. The lowest BCUT2D eigenvalue weighted by molar-refractivity contribution is 0.0311. The van der Waals surface area contributed by atoms with Gasteiger partial charge in [-0.1, -0.05) is 35.9 Å². The summed E-state index contributed by atoms with van der Waals surface area (Å²) in [7, 11) is 0. The number of carbonyl (C=O) groups is 2. The maximum absolute atomic E-state index is 12.7. The van der Waals surface area contributed by atoms with E-state index in [0.29, 0.717) is 17.2 Å². The van der Waals surface area contributed by atoms with Crippen LogP contribution >= 0.6 is 0 Å². The SMILES string of the molecule is Cc1ccc(C)c(C(=O)[C@H](C)OC(=O)c2nc(-c3ccccc3)oc2C)c1. The molecular weight excluding hydrogens is 342 g/mol. The first-order valence-corrected chi connectivity index (χ1v) is 8.72. The minimum atomic E-state index is -0.922. The van der Waals surface area contributed by atoms with E-state index in [1.165, 1.54) is 0 Å². The summed E-state index contributed by atoms with van der Waals surface area (Å²) in [6.07, 6.45) is -0.922. The molecule has 0 fully saturated rings. The molecule has 0 bridgehead atoms. The van der Waals surface area contributed by atoms with Crippen LogP contribution in [0.3, 0.4) is 0 Å². The molecule has 2 aromatic carbocycles. The van der Waals surface area contributed by atoms with Crippen molar-refractivity contribution in [3.8, 4) is 11.5 Å². The van der Waals surface area contributed by atoms with Crippen molar-refractivity contribution in [1.82, 2.24) is 4.98 Å². The molecular formula is C22H21NO4. The fourth-order valence-electron chi connectivity index (χ4n) is 2.78. The molecule has 0 amide bonds. The maximum Gasteiger partial charge on any atom is 0.361 e. The van der Waals surface area contributed by atoms with Gasteiger partial charge in [0.1, 0.15) is 5.76 Å². The molecule has 0 saturated carbocycles. The molecule has 0 unspecified atom stereocenters. The van der Waals surface area contributed by atoms with Gasteiger partial charge in [0, 0.05) is 11.1 Å². The van der Waals surface area contributed by atoms with Crippen molar-refractivity contribution in [1.29, 1.82) is 0 Å². The standard InChI is InChI=1S/C22H21NO4/c1-13-10-11-14(2)18(12-13)20(24)16(4)27-22(25)19-15(3)26-21(23-19)17-8-6-5-7-9-17/h5-12,16H,1-4H3/t16-/m0/s1. The van der Waals surface area contributed by atoms with E-state index in [2.05, 4.69) is 4.98 Å². The number of rotatable bonds is 5. The Morgan fingerprint density at radius 3 is 2.44 bits per heavy atom. The Labute approximate surface area is 158 Å². The Balaban J connectivity index is 1.78. The highest BCUT2D eigenvalue weighted by atomic mass is 16.5. The van der Waals surface area contributed by atoms with Crippen molar-refractivity contribution in [3.05, 3.63) is 76.7 Å². The number of ketones is 1. The third-order valence-corrected chi connectivity index (χ3v) is 4.32. The largest absolute Gasteiger partial charge is 0.449 e. The smallest absolute Gasteiger partial charge is 0.361 e. The first kappa shape index (κ1) is 18.6. The third-order valence-electron chi connectivity index (χ3n) is 4.32. The minimum absolute atomic E-state index is 0.0782. The van der Waals surface area contributed by atoms with Crippen molar-refractivity contribution in [3.63, 3.8) is 0 Å². The molecule has 0 aliphatic heterocycles. The molecule has 0 saturated heterocycles. The van der Waals surface area contributed by atoms with E-state index < -0.39 is 12.1 Å². The molecule has 5 heteroatoms. The summed E-state index contributed by atoms with van der Waals surface area (Å²) < 4.78 is 11.0. The summed E-state index contributed by atoms with van der Waals surface area (Å²) >= 11 is 0. The van der Waals surface area contributed by atoms with Crippen molar-refractivity contribution < 1.29 is 18.7 Å². The number of hydrogen-bond donors (Lipinski definition) is 0. The molecule has 3 rings (SSSR count). The average molecular weight is 363 g/mol. The highest BCUT2D eigenvalue weighted by Crippen LogP contribution is 2.22. The Morgan fingerprint density at radius 2 is 1.74 bits per heavy atom. The molecule has 1 atom stereocenters. The van der Waals surface area contributed by atoms with Gasteiger partial charge in [0.15, 0.2) is 11.8 Å². The Bertz CT molecular complexity index is 989. The van der Waals surface area contributed by atoms with Crippen LogP contribution in [-0.2, 0) is 4.74 Å². The zero-order valence-corrected chi connectivity index (χ0v) is 15.8. The topological polar surface area (TPSA) is 69.4 Å². The molecule has 0 spiro atoms. The number of esters is 1. The lowest BCUT2D eigenvalue weighted by Crippen LogP contribution is -2.25. The number of aryl methyl sites for hydroxylation is 3. The van der Waals surface area contributed by atoms with Crippen LogP contribution in [0.5, 0.6) is 0 Å². The summed E-state index contributed by atoms with van der Waals surface area (Å²) in [5.74, 6) is -0.225. The van der Waals surface area contributed by atoms with Crippen LogP contribution in [0.2, 0.25) is 0 Å². The molecule has 0 aliphatic rings. The van der Waals surface area contributed by atoms with E-state index in [1.807, 2.05) is 56.3 Å². The second-order valence-corrected chi connectivity index (χ2v) is 6.52. The van der Waals surface area contributed by atoms with Gasteiger partial charge in [-0.05, 0) is 51.5 Å². The fraction of sp³-hybridized carbons (Fsp3) is 0.227. The molecule has 1 aromatic heterocycles. The van der Waals surface area contributed by atoms with E-state index in [0.717, 1.165) is 16.7 Å². The second-order valence-electron chi connectivity index (χ2n) is 6.52. The molecule has 3 aromatic rings. The van der Waals surface area contributed by atoms with Gasteiger partial charge in [0.2, 0.25) is 11.7 Å². The fourth-order valence-corrected chi connectivity index (χ4v) is 2.78. The number of ether oxygens (including phenoxy) is 1. The second kappa shape index (κ2) is 7.58. The van der Waals surface area contributed by atoms with Crippen molar-refractivity contribution in [2.45, 2.75) is 33.8 Å². The number of carbonyl (C=O) groups excluding carboxylic acids is 2. The summed E-state index contributed by atoms with van der Waals surface area (Å²) in [5.41, 5.74) is 3.21. The Morgan fingerprint density at radius 1 is 1.04 bits per heavy atom. The van der Waals surface area contributed by atoms with Gasteiger partial charge in [0.05, 0.1) is 0 Å². The van der Waals surface area contributed by atoms with Crippen LogP contribution in [0.15, 0.2) is 52.9 Å². The van der Waals surface area contributed by atoms with Gasteiger partial charge in [-0.25, -0.2) is 9.78 Å². The van der Waals surface area contributed by atoms with E-state index >= 15 is 0 Å². The number of aromatic nitrogens is 1. The first-order valence-electron chi connectivity index (χ1n) is 8.72. The van der Waals surface area contributed by atoms with Gasteiger partial charge in [-0.3, -0.25) is 4.79 Å². The molecule has 5 nitrogen and oxygen atoms in total. The van der Waals surface area contributed by atoms with Gasteiger partial charge >= 0.3 is 5.97 Å². The van der Waals surface area contributed by atoms with E-state index in [1.54, 1.807) is 19.9 Å². The number of Topliss-reactive ketones (excluding diaryl/α,β-unsaturated/α-hetero) is 1. The summed E-state index contributed by atoms with van der Waals surface area (Å²) in [5, 5.41) is 0. The van der Waals surface area contributed by atoms with E-state index in [-0.39, 0.29) is 11.5 Å². The molecule has 0 radical (unpaired) electrons. The zero-order chi connectivity index (χ0) is 19.6. The number of hydrogen-bond acceptors (Lipinski definition) is 5. The lowest BCUT2D eigenvalue weighted by atomic mass is 9.99. The van der Waals surface area contributed by atoms with Crippen molar-refractivity contribution in [2.75, 3.05) is 0 Å². The zero-order valence-electron chi connectivity index (χ0n) is 15.8. The predicted molar refractivity (Wildman–Crippen MR) is 102 cm³/mol. The number of oxazole rings is 1. The van der Waals surface area contributed by atoms with Gasteiger partial charge in [-0.15, -0.1) is 0 Å². The van der Waals surface area contributed by atoms with Crippen LogP contribution in [0.1, 0.15) is 44.7 Å². The van der Waals surface area contributed by atoms with E-state index in [9.17, 15) is 9.59 Å². The quantitative estimate of drug-likeness (QED) is 0.486. The van der Waals surface area contributed by atoms with Crippen molar-refractivity contribution in [2.24, 2.45) is 0 Å². The highest BCUT2D eigenvalue weighted by Gasteiger charge is 2.25. The highest BCUT2D eigenvalue weighted by molar-refractivity contribution is 6.02. The molecule has 0 aliphatic carbocycles. The van der Waals surface area contributed by atoms with Crippen LogP contribution < -0.4 is 0 Å². The Kier molecular flexibility index (Phi) is 5.21. The van der Waals surface area contributed by atoms with Crippen LogP contribution in [-0.4, -0.2) is 22.8 Å². The van der Waals surface area contributed by atoms with Gasteiger partial charge < -0.3 is 9.15 Å². The molecule has 0 N–H and O–H groups in total. The van der Waals surface area contributed by atoms with Crippen LogP contribution in [0.25, 0.3) is 11.5 Å². The summed E-state index contributed by atoms with van der Waals surface area (Å²) in [4.78, 5) is 29.4. The average Bonchev–Trinajstić information content (AvgIpc) is 3.05. The van der Waals surface area contributed by atoms with Crippen LogP contribution in [0, 0.1) is 20.8 Å². The first-order chi connectivity index (χ1) is 12.9. The minimum Gasteiger partial charge on any atom is -0.449 e. The lowest BCUT2D eigenvalue weighted by Gasteiger charge is -2.13. The maximum atomic E-state index is 12.7. The summed E-state index contributed by atoms with van der Waals surface area (Å²) in [6.45, 7) is 6.98. The van der Waals surface area contributed by atoms with E-state index in [4.69, 9.17) is 9.15 Å². The summed E-state index contributed by atoms with van der Waals surface area (Å²) in [6, 6.07) is 14.9. The molecule has 1 heterocycles. The monoisotopic (exact) mass is 363 g/mol. The normalized spacial score (nSPS) is 11.9. The van der Waals surface area contributed by atoms with Gasteiger partial charge in [0.25, 0.3) is 0 Å². The number of nitrogens with zero attached hydrogens (tertiary/aromatic N) is 1. The number of benzene rings is 2. The third kappa shape index (κ3) is 3.97. The predicted octanol–water partition coefficient (Wildman–Crippen LogP) is 4.70. The molecule has 138 valence electrons. The van der Waals surface area contributed by atoms with Crippen molar-refractivity contribution >= 4 is 11.8 Å². The Hall–Kier alpha value is -3.21. The van der Waals surface area contributed by atoms with Gasteiger partial charge in [-0.2, -0.15) is 0 Å².